The fourth-order valence-corrected chi connectivity index (χ4v) is 2.06. The Hall–Kier alpha value is -2.57. The zero-order valence-corrected chi connectivity index (χ0v) is 14.5. The van der Waals surface area contributed by atoms with E-state index in [2.05, 4.69) is 32.8 Å². The number of alkyl carbamates (subject to hydrolysis) is 1. The van der Waals surface area contributed by atoms with E-state index in [0.717, 1.165) is 24.2 Å². The van der Waals surface area contributed by atoms with Crippen LogP contribution in [0.15, 0.2) is 36.9 Å². The van der Waals surface area contributed by atoms with Crippen molar-refractivity contribution in [3.8, 4) is 0 Å². The number of hydrogen-bond donors (Lipinski definition) is 2. The number of carbonyl (C=O) groups is 1. The Labute approximate surface area is 142 Å². The molecule has 0 aliphatic heterocycles. The van der Waals surface area contributed by atoms with Crippen molar-refractivity contribution in [3.63, 3.8) is 0 Å². The van der Waals surface area contributed by atoms with E-state index in [0.29, 0.717) is 13.1 Å². The standard InChI is InChI=1S/C17H25N5O2/c1-17(2,3)24-16(23)20-10-4-9-19-15-7-5-14(6-8-15)11-22-13-18-12-21-22/h5-8,12-13,19H,4,9-11H2,1-3H3,(H,20,23). The minimum atomic E-state index is -0.462. The zero-order chi connectivity index (χ0) is 17.4. The van der Waals surface area contributed by atoms with Gasteiger partial charge in [0.25, 0.3) is 0 Å². The lowest BCUT2D eigenvalue weighted by atomic mass is 10.2. The van der Waals surface area contributed by atoms with Crippen molar-refractivity contribution in [3.05, 3.63) is 42.5 Å². The summed E-state index contributed by atoms with van der Waals surface area (Å²) < 4.78 is 6.96. The highest BCUT2D eigenvalue weighted by Crippen LogP contribution is 2.10. The van der Waals surface area contributed by atoms with E-state index >= 15 is 0 Å². The van der Waals surface area contributed by atoms with Gasteiger partial charge in [0.05, 0.1) is 6.54 Å². The number of hydrogen-bond acceptors (Lipinski definition) is 5. The average molecular weight is 331 g/mol. The Kier molecular flexibility index (Phi) is 6.17. The molecule has 2 aromatic rings. The maximum Gasteiger partial charge on any atom is 0.407 e. The van der Waals surface area contributed by atoms with Gasteiger partial charge in [-0.15, -0.1) is 0 Å². The molecular formula is C17H25N5O2. The van der Waals surface area contributed by atoms with Crippen LogP contribution in [0.1, 0.15) is 32.8 Å². The number of anilines is 1. The van der Waals surface area contributed by atoms with Crippen molar-refractivity contribution in [2.75, 3.05) is 18.4 Å². The summed E-state index contributed by atoms with van der Waals surface area (Å²) in [5, 5.41) is 10.2. The molecule has 0 aliphatic carbocycles. The second kappa shape index (κ2) is 8.33. The third-order valence-electron chi connectivity index (χ3n) is 3.12. The number of rotatable bonds is 7. The van der Waals surface area contributed by atoms with E-state index in [9.17, 15) is 4.79 Å². The minimum absolute atomic E-state index is 0.375. The summed E-state index contributed by atoms with van der Waals surface area (Å²) >= 11 is 0. The second-order valence-corrected chi connectivity index (χ2v) is 6.50. The Balaban J connectivity index is 1.63. The highest BCUT2D eigenvalue weighted by molar-refractivity contribution is 5.67. The maximum atomic E-state index is 11.5. The molecule has 1 aromatic carbocycles. The Morgan fingerprint density at radius 3 is 2.58 bits per heavy atom. The molecule has 0 radical (unpaired) electrons. The van der Waals surface area contributed by atoms with E-state index in [1.54, 1.807) is 11.0 Å². The third-order valence-corrected chi connectivity index (χ3v) is 3.12. The van der Waals surface area contributed by atoms with Gasteiger partial charge in [-0.2, -0.15) is 5.10 Å². The topological polar surface area (TPSA) is 81.1 Å². The van der Waals surface area contributed by atoms with Crippen LogP contribution in [0.3, 0.4) is 0 Å². The average Bonchev–Trinajstić information content (AvgIpc) is 3.00. The summed E-state index contributed by atoms with van der Waals surface area (Å²) in [4.78, 5) is 15.4. The van der Waals surface area contributed by atoms with E-state index in [1.807, 2.05) is 32.9 Å². The number of ether oxygens (including phenoxy) is 1. The summed E-state index contributed by atoms with van der Waals surface area (Å²) in [5.74, 6) is 0. The highest BCUT2D eigenvalue weighted by atomic mass is 16.6. The summed E-state index contributed by atoms with van der Waals surface area (Å²) in [6.45, 7) is 7.60. The summed E-state index contributed by atoms with van der Waals surface area (Å²) in [6.07, 6.45) is 3.67. The lowest BCUT2D eigenvalue weighted by Crippen LogP contribution is -2.33. The van der Waals surface area contributed by atoms with Gasteiger partial charge in [0.1, 0.15) is 18.3 Å². The molecule has 0 spiro atoms. The molecule has 2 N–H and O–H groups in total. The SMILES string of the molecule is CC(C)(C)OC(=O)NCCCNc1ccc(Cn2cncn2)cc1. The van der Waals surface area contributed by atoms with Crippen molar-refractivity contribution < 1.29 is 9.53 Å². The molecule has 24 heavy (non-hydrogen) atoms. The van der Waals surface area contributed by atoms with Gasteiger partial charge in [0.15, 0.2) is 0 Å². The predicted molar refractivity (Wildman–Crippen MR) is 92.9 cm³/mol. The zero-order valence-electron chi connectivity index (χ0n) is 14.5. The van der Waals surface area contributed by atoms with Gasteiger partial charge in [0.2, 0.25) is 0 Å². The smallest absolute Gasteiger partial charge is 0.407 e. The Bertz CT molecular complexity index is 617. The minimum Gasteiger partial charge on any atom is -0.444 e. The second-order valence-electron chi connectivity index (χ2n) is 6.50. The highest BCUT2D eigenvalue weighted by Gasteiger charge is 2.15. The van der Waals surface area contributed by atoms with Crippen molar-refractivity contribution in [1.82, 2.24) is 20.1 Å². The lowest BCUT2D eigenvalue weighted by Gasteiger charge is -2.19. The summed E-state index contributed by atoms with van der Waals surface area (Å²) in [6, 6.07) is 8.19. The Morgan fingerprint density at radius 2 is 1.96 bits per heavy atom. The predicted octanol–water partition coefficient (Wildman–Crippen LogP) is 2.65. The molecule has 0 fully saturated rings. The van der Waals surface area contributed by atoms with Gasteiger partial charge < -0.3 is 15.4 Å². The Morgan fingerprint density at radius 1 is 1.21 bits per heavy atom. The largest absolute Gasteiger partial charge is 0.444 e. The van der Waals surface area contributed by atoms with Crippen LogP contribution in [0, 0.1) is 0 Å². The molecule has 0 saturated carbocycles. The van der Waals surface area contributed by atoms with Gasteiger partial charge in [0, 0.05) is 18.8 Å². The molecule has 7 nitrogen and oxygen atoms in total. The first-order valence-electron chi connectivity index (χ1n) is 8.04. The molecule has 0 unspecified atom stereocenters. The quantitative estimate of drug-likeness (QED) is 0.762. The first-order chi connectivity index (χ1) is 11.4. The van der Waals surface area contributed by atoms with Gasteiger partial charge >= 0.3 is 6.09 Å². The van der Waals surface area contributed by atoms with E-state index < -0.39 is 5.60 Å². The van der Waals surface area contributed by atoms with Crippen LogP contribution in [0.25, 0.3) is 0 Å². The monoisotopic (exact) mass is 331 g/mol. The van der Waals surface area contributed by atoms with Gasteiger partial charge in [-0.25, -0.2) is 14.5 Å². The maximum absolute atomic E-state index is 11.5. The van der Waals surface area contributed by atoms with Crippen molar-refractivity contribution in [1.29, 1.82) is 0 Å². The van der Waals surface area contributed by atoms with E-state index in [-0.39, 0.29) is 6.09 Å². The van der Waals surface area contributed by atoms with Crippen LogP contribution in [-0.2, 0) is 11.3 Å². The number of amides is 1. The molecule has 1 aromatic heterocycles. The number of carbonyl (C=O) groups excluding carboxylic acids is 1. The van der Waals surface area contributed by atoms with Crippen LogP contribution in [0.2, 0.25) is 0 Å². The van der Waals surface area contributed by atoms with E-state index in [4.69, 9.17) is 4.74 Å². The van der Waals surface area contributed by atoms with Crippen LogP contribution >= 0.6 is 0 Å². The van der Waals surface area contributed by atoms with Gasteiger partial charge in [-0.05, 0) is 44.9 Å². The van der Waals surface area contributed by atoms with Gasteiger partial charge in [-0.1, -0.05) is 12.1 Å². The van der Waals surface area contributed by atoms with Gasteiger partial charge in [-0.3, -0.25) is 0 Å². The molecule has 0 bridgehead atoms. The molecule has 7 heteroatoms. The first kappa shape index (κ1) is 17.8. The number of nitrogens with one attached hydrogen (secondary N) is 2. The molecular weight excluding hydrogens is 306 g/mol. The molecule has 2 rings (SSSR count). The van der Waals surface area contributed by atoms with Crippen LogP contribution < -0.4 is 10.6 Å². The van der Waals surface area contributed by atoms with Crippen molar-refractivity contribution in [2.45, 2.75) is 39.3 Å². The van der Waals surface area contributed by atoms with Crippen LogP contribution in [0.5, 0.6) is 0 Å². The molecule has 1 amide bonds. The number of benzene rings is 1. The number of aromatic nitrogens is 3. The van der Waals surface area contributed by atoms with Crippen molar-refractivity contribution in [2.24, 2.45) is 0 Å². The van der Waals surface area contributed by atoms with Crippen molar-refractivity contribution >= 4 is 11.8 Å². The first-order valence-corrected chi connectivity index (χ1v) is 8.04. The fourth-order valence-electron chi connectivity index (χ4n) is 2.06. The normalized spacial score (nSPS) is 11.1. The molecule has 0 saturated heterocycles. The number of nitrogens with zero attached hydrogens (tertiary/aromatic N) is 3. The summed E-state index contributed by atoms with van der Waals surface area (Å²) in [7, 11) is 0. The van der Waals surface area contributed by atoms with Crippen LogP contribution in [0.4, 0.5) is 10.5 Å². The van der Waals surface area contributed by atoms with E-state index in [1.165, 1.54) is 6.33 Å². The molecule has 1 heterocycles. The third kappa shape index (κ3) is 6.68. The van der Waals surface area contributed by atoms with Crippen LogP contribution in [-0.4, -0.2) is 39.5 Å². The summed E-state index contributed by atoms with van der Waals surface area (Å²) in [5.41, 5.74) is 1.75. The molecule has 0 aliphatic rings. The molecule has 0 atom stereocenters. The lowest BCUT2D eigenvalue weighted by molar-refractivity contribution is 0.0528. The molecule has 130 valence electrons. The fraction of sp³-hybridized carbons (Fsp3) is 0.471.